The van der Waals surface area contributed by atoms with Crippen molar-refractivity contribution < 1.29 is 35.3 Å². The average Bonchev–Trinajstić information content (AvgIpc) is 2.59. The highest BCUT2D eigenvalue weighted by molar-refractivity contribution is 7.88. The van der Waals surface area contributed by atoms with Crippen LogP contribution >= 0.6 is 0 Å². The van der Waals surface area contributed by atoms with Crippen LogP contribution in [0.5, 0.6) is 5.88 Å². The van der Waals surface area contributed by atoms with E-state index in [0.29, 0.717) is 6.42 Å². The maximum atomic E-state index is 12.6. The summed E-state index contributed by atoms with van der Waals surface area (Å²) in [6, 6.07) is 3.65. The van der Waals surface area contributed by atoms with Crippen LogP contribution in [0.1, 0.15) is 30.6 Å². The lowest BCUT2D eigenvalue weighted by molar-refractivity contribution is -0.0501. The number of methoxy groups -OCH3 is 1. The van der Waals surface area contributed by atoms with Crippen molar-refractivity contribution in [3.8, 4) is 5.88 Å². The monoisotopic (exact) mass is 407 g/mol. The molecule has 0 aliphatic heterocycles. The number of rotatable bonds is 6. The minimum absolute atomic E-state index is 0.0322. The van der Waals surface area contributed by atoms with Gasteiger partial charge in [-0.3, -0.25) is 0 Å². The van der Waals surface area contributed by atoms with Gasteiger partial charge in [-0.15, -0.1) is 0 Å². The van der Waals surface area contributed by atoms with Crippen molar-refractivity contribution in [1.82, 2.24) is 9.97 Å². The molecule has 1 N–H and O–H groups in total. The molecule has 1 heterocycles. The topological polar surface area (TPSA) is 107 Å². The van der Waals surface area contributed by atoms with Gasteiger partial charge in [0.25, 0.3) is 5.88 Å². The molecule has 0 saturated carbocycles. The molecule has 1 aromatic carbocycles. The van der Waals surface area contributed by atoms with Crippen LogP contribution in [0.15, 0.2) is 18.2 Å². The number of ether oxygens (including phenoxy) is 1. The zero-order chi connectivity index (χ0) is 20.4. The Labute approximate surface area is 152 Å². The first kappa shape index (κ1) is 20.7. The number of carbonyl (C=O) groups excluding carboxylic acids is 1. The SMILES string of the molecule is CCC(C)Nc1nc2cc(C(=O)OC)ccc2nc1OS(=O)(=O)C(F)(F)F. The number of nitrogens with one attached hydrogen (secondary N) is 1. The number of anilines is 1. The van der Waals surface area contributed by atoms with Gasteiger partial charge in [0.2, 0.25) is 0 Å². The first-order valence-electron chi connectivity index (χ1n) is 7.66. The summed E-state index contributed by atoms with van der Waals surface area (Å²) in [5, 5.41) is 2.74. The van der Waals surface area contributed by atoms with Crippen molar-refractivity contribution >= 4 is 32.9 Å². The van der Waals surface area contributed by atoms with E-state index in [1.54, 1.807) is 13.8 Å². The lowest BCUT2D eigenvalue weighted by Gasteiger charge is -2.16. The van der Waals surface area contributed by atoms with Gasteiger partial charge in [-0.05, 0) is 31.5 Å². The Bertz CT molecular complexity index is 963. The first-order chi connectivity index (χ1) is 12.5. The van der Waals surface area contributed by atoms with E-state index in [9.17, 15) is 26.4 Å². The number of nitrogens with zero attached hydrogens (tertiary/aromatic N) is 2. The van der Waals surface area contributed by atoms with Gasteiger partial charge in [0.15, 0.2) is 5.82 Å². The lowest BCUT2D eigenvalue weighted by Crippen LogP contribution is -2.29. The number of fused-ring (bicyclic) bond motifs is 1. The van der Waals surface area contributed by atoms with E-state index < -0.39 is 27.5 Å². The van der Waals surface area contributed by atoms with E-state index in [1.807, 2.05) is 0 Å². The fourth-order valence-electron chi connectivity index (χ4n) is 1.92. The standard InChI is InChI=1S/C15H16F3N3O5S/c1-4-8(2)19-12-13(26-27(23,24)15(16,17)18)21-10-6-5-9(14(22)25-3)7-11(10)20-12/h5-8H,4H2,1-3H3,(H,19,20). The predicted octanol–water partition coefficient (Wildman–Crippen LogP) is 2.86. The summed E-state index contributed by atoms with van der Waals surface area (Å²) in [6.07, 6.45) is 0.563. The number of aromatic nitrogens is 2. The van der Waals surface area contributed by atoms with E-state index in [1.165, 1.54) is 25.3 Å². The Kier molecular flexibility index (Phi) is 5.78. The van der Waals surface area contributed by atoms with Crippen molar-refractivity contribution in [2.45, 2.75) is 31.8 Å². The highest BCUT2D eigenvalue weighted by Crippen LogP contribution is 2.31. The fourth-order valence-corrected chi connectivity index (χ4v) is 2.34. The number of hydrogen-bond acceptors (Lipinski definition) is 8. The van der Waals surface area contributed by atoms with Gasteiger partial charge < -0.3 is 14.2 Å². The van der Waals surface area contributed by atoms with Crippen LogP contribution in [0.25, 0.3) is 11.0 Å². The Balaban J connectivity index is 2.60. The number of halogens is 3. The molecule has 0 saturated heterocycles. The maximum absolute atomic E-state index is 12.6. The molecule has 12 heteroatoms. The molecule has 8 nitrogen and oxygen atoms in total. The number of alkyl halides is 3. The van der Waals surface area contributed by atoms with Crippen LogP contribution in [-0.2, 0) is 14.9 Å². The Hall–Kier alpha value is -2.63. The lowest BCUT2D eigenvalue weighted by atomic mass is 10.2. The molecule has 27 heavy (non-hydrogen) atoms. The van der Waals surface area contributed by atoms with E-state index in [2.05, 4.69) is 24.2 Å². The summed E-state index contributed by atoms with van der Waals surface area (Å²) in [7, 11) is -4.74. The third kappa shape index (κ3) is 4.56. The van der Waals surface area contributed by atoms with Crippen LogP contribution in [0.3, 0.4) is 0 Å². The minimum atomic E-state index is -5.93. The van der Waals surface area contributed by atoms with Gasteiger partial charge in [-0.2, -0.15) is 21.6 Å². The largest absolute Gasteiger partial charge is 0.534 e. The second-order valence-corrected chi connectivity index (χ2v) is 7.05. The second kappa shape index (κ2) is 7.55. The zero-order valence-electron chi connectivity index (χ0n) is 14.5. The summed E-state index contributed by atoms with van der Waals surface area (Å²) in [6.45, 7) is 3.51. The molecule has 0 aliphatic carbocycles. The molecule has 1 unspecified atom stereocenters. The average molecular weight is 407 g/mol. The number of benzene rings is 1. The summed E-state index contributed by atoms with van der Waals surface area (Å²) in [4.78, 5) is 19.5. The van der Waals surface area contributed by atoms with Crippen LogP contribution in [0, 0.1) is 0 Å². The smallest absolute Gasteiger partial charge is 0.465 e. The molecular weight excluding hydrogens is 391 g/mol. The molecule has 0 fully saturated rings. The highest BCUT2D eigenvalue weighted by atomic mass is 32.2. The Morgan fingerprint density at radius 3 is 2.48 bits per heavy atom. The summed E-state index contributed by atoms with van der Waals surface area (Å²) < 4.78 is 69.4. The molecule has 0 bridgehead atoms. The Morgan fingerprint density at radius 2 is 1.93 bits per heavy atom. The zero-order valence-corrected chi connectivity index (χ0v) is 15.3. The summed E-state index contributed by atoms with van der Waals surface area (Å²) in [5.41, 5.74) is -5.30. The van der Waals surface area contributed by atoms with Gasteiger partial charge >= 0.3 is 21.6 Å². The molecule has 0 radical (unpaired) electrons. The van der Waals surface area contributed by atoms with Crippen LogP contribution < -0.4 is 9.50 Å². The van der Waals surface area contributed by atoms with Crippen LogP contribution in [-0.4, -0.2) is 43.0 Å². The number of hydrogen-bond donors (Lipinski definition) is 1. The quantitative estimate of drug-likeness (QED) is 0.443. The highest BCUT2D eigenvalue weighted by Gasteiger charge is 2.49. The number of carbonyl (C=O) groups is 1. The molecule has 1 aromatic heterocycles. The van der Waals surface area contributed by atoms with Gasteiger partial charge in [0, 0.05) is 6.04 Å². The van der Waals surface area contributed by atoms with E-state index >= 15 is 0 Å². The summed E-state index contributed by atoms with van der Waals surface area (Å²) >= 11 is 0. The van der Waals surface area contributed by atoms with Crippen molar-refractivity contribution in [2.75, 3.05) is 12.4 Å². The van der Waals surface area contributed by atoms with Gasteiger partial charge in [-0.1, -0.05) is 6.92 Å². The molecule has 2 rings (SSSR count). The van der Waals surface area contributed by atoms with E-state index in [-0.39, 0.29) is 28.5 Å². The molecule has 148 valence electrons. The predicted molar refractivity (Wildman–Crippen MR) is 89.9 cm³/mol. The van der Waals surface area contributed by atoms with Crippen molar-refractivity contribution in [3.05, 3.63) is 23.8 Å². The molecule has 0 aliphatic rings. The third-order valence-corrected chi connectivity index (χ3v) is 4.47. The molecule has 0 spiro atoms. The molecule has 1 atom stereocenters. The third-order valence-electron chi connectivity index (χ3n) is 3.52. The summed E-state index contributed by atoms with van der Waals surface area (Å²) in [5.74, 6) is -1.78. The van der Waals surface area contributed by atoms with E-state index in [0.717, 1.165) is 0 Å². The first-order valence-corrected chi connectivity index (χ1v) is 9.06. The Morgan fingerprint density at radius 1 is 1.26 bits per heavy atom. The minimum Gasteiger partial charge on any atom is -0.465 e. The van der Waals surface area contributed by atoms with Gasteiger partial charge in [0.1, 0.15) is 0 Å². The van der Waals surface area contributed by atoms with Crippen molar-refractivity contribution in [1.29, 1.82) is 0 Å². The van der Waals surface area contributed by atoms with Crippen LogP contribution in [0.4, 0.5) is 19.0 Å². The normalized spacial score (nSPS) is 13.3. The second-order valence-electron chi connectivity index (χ2n) is 5.51. The molecule has 2 aromatic rings. The van der Waals surface area contributed by atoms with Gasteiger partial charge in [0.05, 0.1) is 23.7 Å². The van der Waals surface area contributed by atoms with Crippen molar-refractivity contribution in [3.63, 3.8) is 0 Å². The maximum Gasteiger partial charge on any atom is 0.534 e. The fraction of sp³-hybridized carbons (Fsp3) is 0.400. The van der Waals surface area contributed by atoms with Gasteiger partial charge in [-0.25, -0.2) is 14.8 Å². The molecule has 0 amide bonds. The number of esters is 1. The van der Waals surface area contributed by atoms with Crippen molar-refractivity contribution in [2.24, 2.45) is 0 Å². The van der Waals surface area contributed by atoms with Crippen LogP contribution in [0.2, 0.25) is 0 Å². The molecular formula is C15H16F3N3O5S. The van der Waals surface area contributed by atoms with E-state index in [4.69, 9.17) is 0 Å².